The number of rotatable bonds is 5. The molecule has 1 rings (SSSR count). The molecule has 19 heavy (non-hydrogen) atoms. The fraction of sp³-hybridized carbons (Fsp3) is 0.500. The van der Waals surface area contributed by atoms with Crippen LogP contribution in [0.15, 0.2) is 17.0 Å². The van der Waals surface area contributed by atoms with Gasteiger partial charge >= 0.3 is 0 Å². The van der Waals surface area contributed by atoms with Gasteiger partial charge in [-0.2, -0.15) is 0 Å². The van der Waals surface area contributed by atoms with E-state index in [-0.39, 0.29) is 17.1 Å². The number of aryl methyl sites for hydroxylation is 2. The van der Waals surface area contributed by atoms with E-state index in [4.69, 9.17) is 4.74 Å². The van der Waals surface area contributed by atoms with Crippen LogP contribution in [0.25, 0.3) is 0 Å². The van der Waals surface area contributed by atoms with Crippen molar-refractivity contribution in [2.75, 3.05) is 7.11 Å². The standard InChI is InChI=1S/C14H20O4S/c1-9-6-13(18-5)14(7-10(9)2)19(16,17)12(4)8-11(3)15/h6-7,12H,8H2,1-5H3. The van der Waals surface area contributed by atoms with Crippen LogP contribution in [-0.4, -0.2) is 26.6 Å². The van der Waals surface area contributed by atoms with Crippen LogP contribution in [-0.2, 0) is 14.6 Å². The van der Waals surface area contributed by atoms with Gasteiger partial charge in [0.25, 0.3) is 0 Å². The van der Waals surface area contributed by atoms with Crippen molar-refractivity contribution in [2.45, 2.75) is 44.3 Å². The molecule has 0 saturated carbocycles. The second-order valence-electron chi connectivity index (χ2n) is 4.85. The minimum absolute atomic E-state index is 0.0123. The summed E-state index contributed by atoms with van der Waals surface area (Å²) >= 11 is 0. The number of hydrogen-bond acceptors (Lipinski definition) is 4. The number of hydrogen-bond donors (Lipinski definition) is 0. The summed E-state index contributed by atoms with van der Waals surface area (Å²) in [6.45, 7) is 6.69. The zero-order valence-electron chi connectivity index (χ0n) is 12.0. The molecule has 0 aliphatic rings. The minimum atomic E-state index is -3.56. The normalized spacial score (nSPS) is 13.1. The third-order valence-corrected chi connectivity index (χ3v) is 5.35. The Morgan fingerprint density at radius 1 is 1.26 bits per heavy atom. The lowest BCUT2D eigenvalue weighted by Gasteiger charge is -2.16. The van der Waals surface area contributed by atoms with Crippen molar-refractivity contribution in [1.29, 1.82) is 0 Å². The average molecular weight is 284 g/mol. The van der Waals surface area contributed by atoms with Crippen LogP contribution < -0.4 is 4.74 Å². The summed E-state index contributed by atoms with van der Waals surface area (Å²) in [5.74, 6) is 0.192. The molecule has 1 atom stereocenters. The number of methoxy groups -OCH3 is 1. The van der Waals surface area contributed by atoms with E-state index in [1.807, 2.05) is 13.8 Å². The Labute approximate surface area is 114 Å². The molecule has 0 saturated heterocycles. The van der Waals surface area contributed by atoms with Gasteiger partial charge in [0.2, 0.25) is 0 Å². The van der Waals surface area contributed by atoms with Crippen LogP contribution >= 0.6 is 0 Å². The van der Waals surface area contributed by atoms with Gasteiger partial charge in [-0.15, -0.1) is 0 Å². The van der Waals surface area contributed by atoms with Crippen molar-refractivity contribution in [3.8, 4) is 5.75 Å². The van der Waals surface area contributed by atoms with Crippen molar-refractivity contribution < 1.29 is 17.9 Å². The summed E-state index contributed by atoms with van der Waals surface area (Å²) in [6, 6.07) is 3.32. The molecule has 0 bridgehead atoms. The molecule has 1 aromatic carbocycles. The molecule has 0 N–H and O–H groups in total. The van der Waals surface area contributed by atoms with E-state index in [9.17, 15) is 13.2 Å². The van der Waals surface area contributed by atoms with E-state index < -0.39 is 15.1 Å². The second kappa shape index (κ2) is 5.74. The molecule has 1 aromatic rings. The first-order chi connectivity index (χ1) is 8.70. The van der Waals surface area contributed by atoms with E-state index in [1.165, 1.54) is 14.0 Å². The summed E-state index contributed by atoms with van der Waals surface area (Å²) in [5, 5.41) is -0.749. The smallest absolute Gasteiger partial charge is 0.185 e. The largest absolute Gasteiger partial charge is 0.495 e. The van der Waals surface area contributed by atoms with Gasteiger partial charge in [0.15, 0.2) is 9.84 Å². The third-order valence-electron chi connectivity index (χ3n) is 3.19. The summed E-state index contributed by atoms with van der Waals surface area (Å²) in [4.78, 5) is 11.3. The van der Waals surface area contributed by atoms with Crippen LogP contribution in [0.3, 0.4) is 0 Å². The molecule has 0 aromatic heterocycles. The van der Waals surface area contributed by atoms with Crippen LogP contribution in [0.2, 0.25) is 0 Å². The summed E-state index contributed by atoms with van der Waals surface area (Å²) in [5.41, 5.74) is 1.85. The zero-order valence-corrected chi connectivity index (χ0v) is 12.8. The van der Waals surface area contributed by atoms with Crippen molar-refractivity contribution in [2.24, 2.45) is 0 Å². The number of sulfone groups is 1. The average Bonchev–Trinajstić information content (AvgIpc) is 2.30. The highest BCUT2D eigenvalue weighted by Gasteiger charge is 2.28. The molecule has 0 fully saturated rings. The Balaban J connectivity index is 3.35. The molecule has 0 aliphatic heterocycles. The summed E-state index contributed by atoms with van der Waals surface area (Å²) in [6.07, 6.45) is 0.0123. The molecular formula is C14H20O4S. The zero-order chi connectivity index (χ0) is 14.8. The number of ketones is 1. The number of carbonyl (C=O) groups is 1. The minimum Gasteiger partial charge on any atom is -0.495 e. The first-order valence-corrected chi connectivity index (χ1v) is 7.63. The molecular weight excluding hydrogens is 264 g/mol. The Kier molecular flexibility index (Phi) is 4.74. The fourth-order valence-corrected chi connectivity index (χ4v) is 3.53. The predicted octanol–water partition coefficient (Wildman–Crippen LogP) is 2.45. The monoisotopic (exact) mass is 284 g/mol. The first-order valence-electron chi connectivity index (χ1n) is 6.08. The van der Waals surface area contributed by atoms with Gasteiger partial charge in [0.1, 0.15) is 16.4 Å². The maximum atomic E-state index is 12.5. The van der Waals surface area contributed by atoms with Gasteiger partial charge in [0, 0.05) is 6.42 Å². The molecule has 0 spiro atoms. The highest BCUT2D eigenvalue weighted by Crippen LogP contribution is 2.30. The van der Waals surface area contributed by atoms with Crippen LogP contribution in [0.4, 0.5) is 0 Å². The Bertz CT molecular complexity index is 588. The molecule has 0 radical (unpaired) electrons. The number of benzene rings is 1. The van der Waals surface area contributed by atoms with Crippen molar-refractivity contribution in [3.63, 3.8) is 0 Å². The lowest BCUT2D eigenvalue weighted by atomic mass is 10.1. The Morgan fingerprint density at radius 2 is 1.79 bits per heavy atom. The van der Waals surface area contributed by atoms with E-state index >= 15 is 0 Å². The molecule has 1 unspecified atom stereocenters. The topological polar surface area (TPSA) is 60.4 Å². The summed E-state index contributed by atoms with van der Waals surface area (Å²) < 4.78 is 30.1. The SMILES string of the molecule is COc1cc(C)c(C)cc1S(=O)(=O)C(C)CC(C)=O. The maximum absolute atomic E-state index is 12.5. The lowest BCUT2D eigenvalue weighted by molar-refractivity contribution is -0.116. The first kappa shape index (κ1) is 15.7. The lowest BCUT2D eigenvalue weighted by Crippen LogP contribution is -2.21. The quantitative estimate of drug-likeness (QED) is 0.833. The van der Waals surface area contributed by atoms with Crippen molar-refractivity contribution >= 4 is 15.6 Å². The van der Waals surface area contributed by atoms with Gasteiger partial charge in [-0.3, -0.25) is 4.79 Å². The van der Waals surface area contributed by atoms with Gasteiger partial charge < -0.3 is 4.74 Å². The molecule has 4 nitrogen and oxygen atoms in total. The van der Waals surface area contributed by atoms with Crippen LogP contribution in [0, 0.1) is 13.8 Å². The van der Waals surface area contributed by atoms with E-state index in [0.717, 1.165) is 11.1 Å². The molecule has 0 heterocycles. The van der Waals surface area contributed by atoms with Gasteiger partial charge in [0.05, 0.1) is 12.4 Å². The van der Waals surface area contributed by atoms with Gasteiger partial charge in [-0.05, 0) is 51.0 Å². The second-order valence-corrected chi connectivity index (χ2v) is 7.18. The van der Waals surface area contributed by atoms with E-state index in [1.54, 1.807) is 19.1 Å². The molecule has 0 aliphatic carbocycles. The van der Waals surface area contributed by atoms with Gasteiger partial charge in [-0.1, -0.05) is 0 Å². The number of Topliss-reactive ketones (excluding diaryl/α,β-unsaturated/α-hetero) is 1. The maximum Gasteiger partial charge on any atom is 0.185 e. The number of ether oxygens (including phenoxy) is 1. The molecule has 5 heteroatoms. The predicted molar refractivity (Wildman–Crippen MR) is 74.4 cm³/mol. The van der Waals surface area contributed by atoms with E-state index in [0.29, 0.717) is 5.75 Å². The molecule has 0 amide bonds. The van der Waals surface area contributed by atoms with Gasteiger partial charge in [-0.25, -0.2) is 8.42 Å². The van der Waals surface area contributed by atoms with Crippen molar-refractivity contribution in [1.82, 2.24) is 0 Å². The fourth-order valence-electron chi connectivity index (χ4n) is 1.88. The van der Waals surface area contributed by atoms with Crippen molar-refractivity contribution in [3.05, 3.63) is 23.3 Å². The highest BCUT2D eigenvalue weighted by atomic mass is 32.2. The van der Waals surface area contributed by atoms with Crippen LogP contribution in [0.5, 0.6) is 5.75 Å². The highest BCUT2D eigenvalue weighted by molar-refractivity contribution is 7.92. The van der Waals surface area contributed by atoms with Crippen LogP contribution in [0.1, 0.15) is 31.4 Å². The Hall–Kier alpha value is -1.36. The molecule has 106 valence electrons. The third kappa shape index (κ3) is 3.35. The summed E-state index contributed by atoms with van der Waals surface area (Å²) in [7, 11) is -2.12. The number of carbonyl (C=O) groups excluding carboxylic acids is 1. The Morgan fingerprint density at radius 3 is 2.26 bits per heavy atom. The van der Waals surface area contributed by atoms with E-state index in [2.05, 4.69) is 0 Å².